The summed E-state index contributed by atoms with van der Waals surface area (Å²) in [6.07, 6.45) is 7.62. The molecule has 0 spiro atoms. The number of aryl methyl sites for hydroxylation is 1. The first kappa shape index (κ1) is 13.9. The topological polar surface area (TPSA) is 53.9 Å². The lowest BCUT2D eigenvalue weighted by Gasteiger charge is -2.17. The standard InChI is InChI=1S/C16H21N5/c1-13-9-16(19-12-18-13)20-15-5-8-21(11-15)7-4-14-3-2-6-17-10-14/h2-3,6,9-10,12,15H,4-5,7-8,11H2,1H3,(H,18,19,20). The fraction of sp³-hybridized carbons (Fsp3) is 0.438. The summed E-state index contributed by atoms with van der Waals surface area (Å²) in [6, 6.07) is 6.62. The molecule has 1 fully saturated rings. The van der Waals surface area contributed by atoms with Crippen LogP contribution in [0.1, 0.15) is 17.7 Å². The van der Waals surface area contributed by atoms with Gasteiger partial charge in [0.15, 0.2) is 0 Å². The monoisotopic (exact) mass is 283 g/mol. The van der Waals surface area contributed by atoms with Crippen LogP contribution in [0.15, 0.2) is 36.9 Å². The van der Waals surface area contributed by atoms with Gasteiger partial charge in [-0.15, -0.1) is 0 Å². The number of hydrogen-bond donors (Lipinski definition) is 1. The summed E-state index contributed by atoms with van der Waals surface area (Å²) in [4.78, 5) is 15.1. The van der Waals surface area contributed by atoms with Crippen molar-refractivity contribution in [3.05, 3.63) is 48.2 Å². The van der Waals surface area contributed by atoms with Crippen molar-refractivity contribution in [2.24, 2.45) is 0 Å². The molecule has 110 valence electrons. The largest absolute Gasteiger partial charge is 0.366 e. The minimum absolute atomic E-state index is 0.480. The Morgan fingerprint density at radius 3 is 3.14 bits per heavy atom. The van der Waals surface area contributed by atoms with Crippen molar-refractivity contribution in [2.45, 2.75) is 25.8 Å². The van der Waals surface area contributed by atoms with Crippen LogP contribution in [0.3, 0.4) is 0 Å². The van der Waals surface area contributed by atoms with Crippen LogP contribution in [0.5, 0.6) is 0 Å². The van der Waals surface area contributed by atoms with Gasteiger partial charge in [-0.2, -0.15) is 0 Å². The van der Waals surface area contributed by atoms with Gasteiger partial charge in [0.05, 0.1) is 0 Å². The molecule has 1 aliphatic rings. The van der Waals surface area contributed by atoms with Crippen molar-refractivity contribution < 1.29 is 0 Å². The zero-order valence-corrected chi connectivity index (χ0v) is 12.4. The number of hydrogen-bond acceptors (Lipinski definition) is 5. The smallest absolute Gasteiger partial charge is 0.129 e. The summed E-state index contributed by atoms with van der Waals surface area (Å²) < 4.78 is 0. The normalized spacial score (nSPS) is 18.8. The number of rotatable bonds is 5. The molecule has 1 N–H and O–H groups in total. The molecule has 1 unspecified atom stereocenters. The summed E-state index contributed by atoms with van der Waals surface area (Å²) in [5, 5.41) is 3.50. The van der Waals surface area contributed by atoms with Gasteiger partial charge in [0.2, 0.25) is 0 Å². The highest BCUT2D eigenvalue weighted by Crippen LogP contribution is 2.15. The van der Waals surface area contributed by atoms with E-state index in [9.17, 15) is 0 Å². The van der Waals surface area contributed by atoms with Crippen molar-refractivity contribution in [2.75, 3.05) is 25.0 Å². The van der Waals surface area contributed by atoms with E-state index in [1.54, 1.807) is 6.33 Å². The SMILES string of the molecule is Cc1cc(NC2CCN(CCc3cccnc3)C2)ncn1. The second-order valence-electron chi connectivity index (χ2n) is 5.59. The van der Waals surface area contributed by atoms with E-state index < -0.39 is 0 Å². The van der Waals surface area contributed by atoms with Crippen molar-refractivity contribution in [1.82, 2.24) is 19.9 Å². The molecule has 1 saturated heterocycles. The zero-order valence-electron chi connectivity index (χ0n) is 12.4. The van der Waals surface area contributed by atoms with Crippen molar-refractivity contribution >= 4 is 5.82 Å². The molecule has 0 aromatic carbocycles. The molecule has 0 bridgehead atoms. The van der Waals surface area contributed by atoms with Crippen LogP contribution < -0.4 is 5.32 Å². The first-order valence-corrected chi connectivity index (χ1v) is 7.46. The highest BCUT2D eigenvalue weighted by molar-refractivity contribution is 5.36. The Kier molecular flexibility index (Phi) is 4.40. The lowest BCUT2D eigenvalue weighted by atomic mass is 10.2. The van der Waals surface area contributed by atoms with Gasteiger partial charge in [0.25, 0.3) is 0 Å². The molecule has 0 aliphatic carbocycles. The van der Waals surface area contributed by atoms with Crippen LogP contribution >= 0.6 is 0 Å². The molecule has 0 radical (unpaired) electrons. The minimum atomic E-state index is 0.480. The summed E-state index contributed by atoms with van der Waals surface area (Å²) in [7, 11) is 0. The van der Waals surface area contributed by atoms with Gasteiger partial charge in [-0.3, -0.25) is 4.98 Å². The third-order valence-electron chi connectivity index (χ3n) is 3.87. The van der Waals surface area contributed by atoms with Crippen molar-refractivity contribution in [1.29, 1.82) is 0 Å². The molecule has 2 aromatic rings. The lowest BCUT2D eigenvalue weighted by Crippen LogP contribution is -2.28. The number of pyridine rings is 1. The molecule has 0 amide bonds. The highest BCUT2D eigenvalue weighted by Gasteiger charge is 2.22. The molecular weight excluding hydrogens is 262 g/mol. The Hall–Kier alpha value is -2.01. The van der Waals surface area contributed by atoms with Gasteiger partial charge in [0, 0.05) is 49.8 Å². The highest BCUT2D eigenvalue weighted by atomic mass is 15.2. The summed E-state index contributed by atoms with van der Waals surface area (Å²) in [6.45, 7) is 5.29. The van der Waals surface area contributed by atoms with Gasteiger partial charge in [-0.1, -0.05) is 6.07 Å². The average molecular weight is 283 g/mol. The molecule has 0 saturated carbocycles. The number of nitrogens with zero attached hydrogens (tertiary/aromatic N) is 4. The van der Waals surface area contributed by atoms with Crippen LogP contribution in [0.2, 0.25) is 0 Å². The van der Waals surface area contributed by atoms with Crippen LogP contribution in [0.4, 0.5) is 5.82 Å². The Morgan fingerprint density at radius 2 is 2.33 bits per heavy atom. The van der Waals surface area contributed by atoms with Crippen molar-refractivity contribution in [3.8, 4) is 0 Å². The number of anilines is 1. The van der Waals surface area contributed by atoms with E-state index in [0.29, 0.717) is 6.04 Å². The third kappa shape index (κ3) is 3.98. The fourth-order valence-corrected chi connectivity index (χ4v) is 2.73. The Labute approximate surface area is 125 Å². The Bertz CT molecular complexity index is 572. The number of aromatic nitrogens is 3. The maximum Gasteiger partial charge on any atom is 0.129 e. The quantitative estimate of drug-likeness (QED) is 0.908. The first-order valence-electron chi connectivity index (χ1n) is 7.46. The molecule has 1 atom stereocenters. The van der Waals surface area contributed by atoms with Crippen LogP contribution in [-0.2, 0) is 6.42 Å². The number of nitrogens with one attached hydrogen (secondary N) is 1. The van der Waals surface area contributed by atoms with Gasteiger partial charge in [-0.05, 0) is 31.4 Å². The molecular formula is C16H21N5. The molecule has 5 nitrogen and oxygen atoms in total. The Morgan fingerprint density at radius 1 is 1.38 bits per heavy atom. The summed E-state index contributed by atoms with van der Waals surface area (Å²) in [5.41, 5.74) is 2.30. The molecule has 2 aromatic heterocycles. The predicted molar refractivity (Wildman–Crippen MR) is 83.2 cm³/mol. The van der Waals surface area contributed by atoms with Gasteiger partial charge in [-0.25, -0.2) is 9.97 Å². The van der Waals surface area contributed by atoms with Crippen LogP contribution in [0.25, 0.3) is 0 Å². The van der Waals surface area contributed by atoms with E-state index in [2.05, 4.69) is 31.2 Å². The van der Waals surface area contributed by atoms with E-state index >= 15 is 0 Å². The average Bonchev–Trinajstić information content (AvgIpc) is 2.94. The second-order valence-corrected chi connectivity index (χ2v) is 5.59. The van der Waals surface area contributed by atoms with Crippen molar-refractivity contribution in [3.63, 3.8) is 0 Å². The molecule has 1 aliphatic heterocycles. The summed E-state index contributed by atoms with van der Waals surface area (Å²) in [5.74, 6) is 0.932. The van der Waals surface area contributed by atoms with Gasteiger partial charge >= 0.3 is 0 Å². The van der Waals surface area contributed by atoms with Gasteiger partial charge in [0.1, 0.15) is 12.1 Å². The van der Waals surface area contributed by atoms with Gasteiger partial charge < -0.3 is 10.2 Å². The Balaban J connectivity index is 1.47. The summed E-state index contributed by atoms with van der Waals surface area (Å²) >= 11 is 0. The zero-order chi connectivity index (χ0) is 14.5. The van der Waals surface area contributed by atoms with E-state index in [1.165, 1.54) is 5.56 Å². The third-order valence-corrected chi connectivity index (χ3v) is 3.87. The predicted octanol–water partition coefficient (Wildman–Crippen LogP) is 1.91. The van der Waals surface area contributed by atoms with E-state index in [-0.39, 0.29) is 0 Å². The maximum absolute atomic E-state index is 4.27. The molecule has 3 rings (SSSR count). The molecule has 3 heterocycles. The maximum atomic E-state index is 4.27. The first-order chi connectivity index (χ1) is 10.3. The van der Waals surface area contributed by atoms with E-state index in [4.69, 9.17) is 0 Å². The van der Waals surface area contributed by atoms with Crippen LogP contribution in [-0.4, -0.2) is 45.5 Å². The van der Waals surface area contributed by atoms with Crippen LogP contribution in [0, 0.1) is 6.92 Å². The van der Waals surface area contributed by atoms with E-state index in [0.717, 1.165) is 44.0 Å². The second kappa shape index (κ2) is 6.63. The number of likely N-dealkylation sites (tertiary alicyclic amines) is 1. The van der Waals surface area contributed by atoms with E-state index in [1.807, 2.05) is 31.5 Å². The molecule has 21 heavy (non-hydrogen) atoms. The fourth-order valence-electron chi connectivity index (χ4n) is 2.73. The molecule has 5 heteroatoms. The minimum Gasteiger partial charge on any atom is -0.366 e. The lowest BCUT2D eigenvalue weighted by molar-refractivity contribution is 0.340.